The summed E-state index contributed by atoms with van der Waals surface area (Å²) < 4.78 is 0. The van der Waals surface area contributed by atoms with Gasteiger partial charge < -0.3 is 15.1 Å². The van der Waals surface area contributed by atoms with Gasteiger partial charge in [-0.2, -0.15) is 0 Å². The van der Waals surface area contributed by atoms with Gasteiger partial charge in [0.05, 0.1) is 35.8 Å². The van der Waals surface area contributed by atoms with Crippen molar-refractivity contribution in [3.63, 3.8) is 0 Å². The third-order valence-electron chi connectivity index (χ3n) is 7.74. The molecule has 0 aromatic heterocycles. The zero-order valence-electron chi connectivity index (χ0n) is 19.2. The summed E-state index contributed by atoms with van der Waals surface area (Å²) in [5, 5.41) is 25.9. The number of oxime groups is 1. The van der Waals surface area contributed by atoms with Crippen LogP contribution in [-0.4, -0.2) is 44.8 Å². The first kappa shape index (κ1) is 22.7. The maximum Gasteiger partial charge on any atom is 0.234 e. The van der Waals surface area contributed by atoms with Gasteiger partial charge in [-0.15, -0.1) is 0 Å². The number of carbonyl (C=O) groups is 2. The van der Waals surface area contributed by atoms with E-state index < -0.39 is 36.0 Å². The molecule has 2 aromatic rings. The highest BCUT2D eigenvalue weighted by molar-refractivity contribution is 6.06. The number of fused-ring (bicyclic) bond motifs is 3. The van der Waals surface area contributed by atoms with Crippen LogP contribution in [0.1, 0.15) is 43.4 Å². The van der Waals surface area contributed by atoms with Crippen LogP contribution in [-0.2, 0) is 21.0 Å². The molecule has 3 fully saturated rings. The lowest BCUT2D eigenvalue weighted by atomic mass is 9.60. The monoisotopic (exact) mass is 462 g/mol. The summed E-state index contributed by atoms with van der Waals surface area (Å²) in [6, 6.07) is 18.8. The second kappa shape index (κ2) is 9.31. The second-order valence-electron chi connectivity index (χ2n) is 9.63. The van der Waals surface area contributed by atoms with Gasteiger partial charge in [-0.1, -0.05) is 65.8 Å². The summed E-state index contributed by atoms with van der Waals surface area (Å²) in [5.41, 5.74) is 2.53. The van der Waals surface area contributed by atoms with Gasteiger partial charge in [0.25, 0.3) is 0 Å². The number of rotatable bonds is 5. The van der Waals surface area contributed by atoms with E-state index >= 15 is 0 Å². The number of benzene rings is 2. The molecule has 0 spiro atoms. The predicted octanol–water partition coefficient (Wildman–Crippen LogP) is 3.07. The molecule has 34 heavy (non-hydrogen) atoms. The fourth-order valence-electron chi connectivity index (χ4n) is 6.02. The van der Waals surface area contributed by atoms with Gasteiger partial charge in [0, 0.05) is 18.3 Å². The minimum Gasteiger partial charge on any atom is -0.391 e. The summed E-state index contributed by atoms with van der Waals surface area (Å²) in [5.74, 6) is -2.37. The lowest BCUT2D eigenvalue weighted by Gasteiger charge is -2.45. The number of amides is 2. The fraction of sp³-hybridized carbons (Fsp3) is 0.444. The van der Waals surface area contributed by atoms with E-state index in [4.69, 9.17) is 4.84 Å². The molecule has 7 atom stereocenters. The third-order valence-corrected chi connectivity index (χ3v) is 7.74. The highest BCUT2D eigenvalue weighted by Gasteiger charge is 2.60. The molecular formula is C27H30N2O5. The molecule has 0 bridgehead atoms. The van der Waals surface area contributed by atoms with Crippen molar-refractivity contribution in [3.8, 4) is 0 Å². The Hall–Kier alpha value is -3.03. The molecule has 2 N–H and O–H groups in total. The molecule has 7 nitrogen and oxygen atoms in total. The van der Waals surface area contributed by atoms with Gasteiger partial charge in [-0.25, -0.2) is 0 Å². The highest BCUT2D eigenvalue weighted by Crippen LogP contribution is 2.51. The summed E-state index contributed by atoms with van der Waals surface area (Å²) in [7, 11) is 0. The van der Waals surface area contributed by atoms with Gasteiger partial charge >= 0.3 is 0 Å². The van der Waals surface area contributed by atoms with Gasteiger partial charge in [-0.05, 0) is 30.9 Å². The molecule has 1 heterocycles. The van der Waals surface area contributed by atoms with Crippen molar-refractivity contribution < 1.29 is 24.6 Å². The van der Waals surface area contributed by atoms with Crippen LogP contribution in [0.3, 0.4) is 0 Å². The number of imide groups is 1. The van der Waals surface area contributed by atoms with Crippen molar-refractivity contribution in [3.05, 3.63) is 71.8 Å². The predicted molar refractivity (Wildman–Crippen MR) is 125 cm³/mol. The standard InChI is InChI=1S/C27H30N2O5/c1-16(18-10-6-3-7-11-18)29-26(32)20-13-12-19-21(28-34-15-17-8-4-2-5-9-17)14-22(30)25(31)23(19)24(20)27(29)33/h2-11,16,19-20,22-25,30-31H,12-15H2,1H3/t16-,19+,20+,22+,23-,24+,25+/m0/s1. The van der Waals surface area contributed by atoms with Crippen molar-refractivity contribution in [2.45, 2.75) is 51.0 Å². The lowest BCUT2D eigenvalue weighted by molar-refractivity contribution is -0.144. The fourth-order valence-corrected chi connectivity index (χ4v) is 6.02. The Morgan fingerprint density at radius 1 is 0.971 bits per heavy atom. The van der Waals surface area contributed by atoms with E-state index in [1.54, 1.807) is 0 Å². The molecular weight excluding hydrogens is 432 g/mol. The molecule has 178 valence electrons. The third kappa shape index (κ3) is 3.93. The SMILES string of the molecule is C[C@@H](c1ccccc1)N1C(=O)[C@H]2[C@H]3[C@H](O)[C@H](O)CC(=NOCc4ccccc4)[C@H]3CC[C@H]2C1=O. The summed E-state index contributed by atoms with van der Waals surface area (Å²) >= 11 is 0. The smallest absolute Gasteiger partial charge is 0.234 e. The summed E-state index contributed by atoms with van der Waals surface area (Å²) in [6.45, 7) is 2.16. The van der Waals surface area contributed by atoms with Gasteiger partial charge in [-0.3, -0.25) is 14.5 Å². The van der Waals surface area contributed by atoms with Crippen molar-refractivity contribution in [1.82, 2.24) is 4.90 Å². The Bertz CT molecular complexity index is 1070. The topological polar surface area (TPSA) is 99.4 Å². The lowest BCUT2D eigenvalue weighted by Crippen LogP contribution is -2.54. The average Bonchev–Trinajstić information content (AvgIpc) is 3.12. The maximum absolute atomic E-state index is 13.6. The normalized spacial score (nSPS) is 32.9. The zero-order chi connectivity index (χ0) is 23.8. The minimum atomic E-state index is -1.09. The largest absolute Gasteiger partial charge is 0.391 e. The first-order valence-electron chi connectivity index (χ1n) is 12.0. The highest BCUT2D eigenvalue weighted by atomic mass is 16.6. The minimum absolute atomic E-state index is 0.184. The van der Waals surface area contributed by atoms with Crippen LogP contribution in [0.4, 0.5) is 0 Å². The van der Waals surface area contributed by atoms with Gasteiger partial charge in [0.2, 0.25) is 11.8 Å². The molecule has 2 amide bonds. The second-order valence-corrected chi connectivity index (χ2v) is 9.63. The van der Waals surface area contributed by atoms with E-state index in [0.717, 1.165) is 11.1 Å². The molecule has 1 aliphatic heterocycles. The van der Waals surface area contributed by atoms with E-state index in [1.807, 2.05) is 67.6 Å². The number of likely N-dealkylation sites (tertiary alicyclic amines) is 1. The van der Waals surface area contributed by atoms with Crippen molar-refractivity contribution in [2.75, 3.05) is 0 Å². The Balaban J connectivity index is 1.39. The van der Waals surface area contributed by atoms with Crippen LogP contribution >= 0.6 is 0 Å². The Morgan fingerprint density at radius 2 is 1.62 bits per heavy atom. The Labute approximate surface area is 199 Å². The van der Waals surface area contributed by atoms with Crippen molar-refractivity contribution >= 4 is 17.5 Å². The van der Waals surface area contributed by atoms with Crippen LogP contribution in [0, 0.1) is 23.7 Å². The average molecular weight is 463 g/mol. The number of carbonyl (C=O) groups excluding carboxylic acids is 2. The number of aliphatic hydroxyl groups excluding tert-OH is 2. The number of nitrogens with zero attached hydrogens (tertiary/aromatic N) is 2. The van der Waals surface area contributed by atoms with Crippen LogP contribution in [0.5, 0.6) is 0 Å². The molecule has 7 heteroatoms. The van der Waals surface area contributed by atoms with Gasteiger partial charge in [0.15, 0.2) is 0 Å². The zero-order valence-corrected chi connectivity index (χ0v) is 19.2. The Kier molecular flexibility index (Phi) is 6.23. The summed E-state index contributed by atoms with van der Waals surface area (Å²) in [4.78, 5) is 33.9. The molecule has 5 rings (SSSR count). The van der Waals surface area contributed by atoms with Crippen molar-refractivity contribution in [2.24, 2.45) is 28.8 Å². The molecule has 2 aliphatic carbocycles. The maximum atomic E-state index is 13.6. The van der Waals surface area contributed by atoms with E-state index in [-0.39, 0.29) is 24.2 Å². The first-order valence-corrected chi connectivity index (χ1v) is 12.0. The molecule has 2 saturated carbocycles. The quantitative estimate of drug-likeness (QED) is 0.526. The number of hydrogen-bond donors (Lipinski definition) is 2. The molecule has 2 aromatic carbocycles. The molecule has 1 saturated heterocycles. The Morgan fingerprint density at radius 3 is 2.32 bits per heavy atom. The molecule has 0 unspecified atom stereocenters. The summed E-state index contributed by atoms with van der Waals surface area (Å²) in [6.07, 6.45) is -0.775. The van der Waals surface area contributed by atoms with Gasteiger partial charge in [0.1, 0.15) is 6.61 Å². The molecule has 3 aliphatic rings. The number of aliphatic hydroxyl groups is 2. The first-order chi connectivity index (χ1) is 16.5. The van der Waals surface area contributed by atoms with Crippen LogP contribution in [0.2, 0.25) is 0 Å². The van der Waals surface area contributed by atoms with E-state index in [1.165, 1.54) is 4.90 Å². The van der Waals surface area contributed by atoms with E-state index in [9.17, 15) is 19.8 Å². The van der Waals surface area contributed by atoms with E-state index in [2.05, 4.69) is 5.16 Å². The molecule has 0 radical (unpaired) electrons. The number of hydrogen-bond acceptors (Lipinski definition) is 6. The van der Waals surface area contributed by atoms with Crippen LogP contribution in [0.15, 0.2) is 65.8 Å². The van der Waals surface area contributed by atoms with E-state index in [0.29, 0.717) is 25.2 Å². The van der Waals surface area contributed by atoms with Crippen molar-refractivity contribution in [1.29, 1.82) is 0 Å². The van der Waals surface area contributed by atoms with Crippen LogP contribution in [0.25, 0.3) is 0 Å². The van der Waals surface area contributed by atoms with Crippen LogP contribution < -0.4 is 0 Å².